The van der Waals surface area contributed by atoms with Gasteiger partial charge in [0.15, 0.2) is 0 Å². The molecule has 1 atom stereocenters. The Bertz CT molecular complexity index is 276. The van der Waals surface area contributed by atoms with Crippen LogP contribution in [0, 0.1) is 0 Å². The van der Waals surface area contributed by atoms with Gasteiger partial charge in [0, 0.05) is 12.0 Å². The van der Waals surface area contributed by atoms with Crippen molar-refractivity contribution in [1.82, 2.24) is 0 Å². The number of rotatable bonds is 5. The fourth-order valence-electron chi connectivity index (χ4n) is 2.24. The molecule has 92 valence electrons. The summed E-state index contributed by atoms with van der Waals surface area (Å²) in [6.07, 6.45) is 8.60. The van der Waals surface area contributed by atoms with E-state index in [1.807, 2.05) is 0 Å². The molecule has 0 amide bonds. The molecule has 0 aliphatic heterocycles. The zero-order valence-corrected chi connectivity index (χ0v) is 10.00. The van der Waals surface area contributed by atoms with E-state index in [9.17, 15) is 4.79 Å². The molecular formula is C12H22N2O2. The van der Waals surface area contributed by atoms with Gasteiger partial charge < -0.3 is 10.6 Å². The van der Waals surface area contributed by atoms with E-state index in [1.54, 1.807) is 0 Å². The highest BCUT2D eigenvalue weighted by Crippen LogP contribution is 2.31. The van der Waals surface area contributed by atoms with E-state index in [4.69, 9.17) is 11.6 Å². The minimum absolute atomic E-state index is 0.290. The van der Waals surface area contributed by atoms with Crippen LogP contribution in [-0.2, 0) is 9.63 Å². The van der Waals surface area contributed by atoms with Crippen molar-refractivity contribution in [3.8, 4) is 0 Å². The molecule has 0 bridgehead atoms. The van der Waals surface area contributed by atoms with Gasteiger partial charge in [0.05, 0.1) is 0 Å². The molecule has 0 heterocycles. The number of hydrogen-bond acceptors (Lipinski definition) is 4. The molecule has 0 aromatic carbocycles. The topological polar surface area (TPSA) is 78.3 Å². The first-order valence-corrected chi connectivity index (χ1v) is 6.00. The first kappa shape index (κ1) is 13.2. The van der Waals surface area contributed by atoms with E-state index in [-0.39, 0.29) is 17.9 Å². The molecule has 4 heteroatoms. The second-order valence-corrected chi connectivity index (χ2v) is 4.47. The molecule has 0 fully saturated rings. The molecule has 1 unspecified atom stereocenters. The molecule has 1 aliphatic carbocycles. The smallest absolute Gasteiger partial charge is 0.324 e. The van der Waals surface area contributed by atoms with Gasteiger partial charge in [0.1, 0.15) is 0 Å². The van der Waals surface area contributed by atoms with Crippen molar-refractivity contribution in [2.24, 2.45) is 11.6 Å². The average Bonchev–Trinajstić information content (AvgIpc) is 2.36. The van der Waals surface area contributed by atoms with E-state index < -0.39 is 0 Å². The van der Waals surface area contributed by atoms with Crippen molar-refractivity contribution in [1.29, 1.82) is 0 Å². The fourth-order valence-corrected chi connectivity index (χ4v) is 2.24. The van der Waals surface area contributed by atoms with Crippen molar-refractivity contribution in [3.63, 3.8) is 0 Å². The van der Waals surface area contributed by atoms with Gasteiger partial charge in [-0.3, -0.25) is 4.79 Å². The van der Waals surface area contributed by atoms with Crippen LogP contribution < -0.4 is 11.6 Å². The van der Waals surface area contributed by atoms with Gasteiger partial charge in [0.2, 0.25) is 0 Å². The van der Waals surface area contributed by atoms with Gasteiger partial charge in [-0.2, -0.15) is 5.90 Å². The number of nitrogens with two attached hydrogens (primary N) is 2. The molecule has 0 saturated heterocycles. The third-order valence-corrected chi connectivity index (χ3v) is 3.47. The van der Waals surface area contributed by atoms with Crippen LogP contribution in [0.25, 0.3) is 0 Å². The van der Waals surface area contributed by atoms with Gasteiger partial charge >= 0.3 is 5.97 Å². The van der Waals surface area contributed by atoms with Gasteiger partial charge in [-0.15, -0.1) is 0 Å². The Balaban J connectivity index is 2.61. The largest absolute Gasteiger partial charge is 0.373 e. The van der Waals surface area contributed by atoms with E-state index in [2.05, 4.69) is 17.8 Å². The van der Waals surface area contributed by atoms with Crippen LogP contribution in [-0.4, -0.2) is 11.5 Å². The minimum atomic E-state index is -0.389. The molecule has 0 aromatic heterocycles. The summed E-state index contributed by atoms with van der Waals surface area (Å²) < 4.78 is 0. The molecule has 0 saturated carbocycles. The summed E-state index contributed by atoms with van der Waals surface area (Å²) in [6, 6.07) is 0. The Labute approximate surface area is 97.0 Å². The van der Waals surface area contributed by atoms with Crippen molar-refractivity contribution in [2.45, 2.75) is 57.4 Å². The number of hydrogen-bond donors (Lipinski definition) is 2. The molecular weight excluding hydrogens is 204 g/mol. The first-order valence-electron chi connectivity index (χ1n) is 6.00. The third kappa shape index (κ3) is 3.32. The number of carbonyl (C=O) groups excluding carboxylic acids is 1. The van der Waals surface area contributed by atoms with Crippen LogP contribution in [0.4, 0.5) is 0 Å². The standard InChI is InChI=1S/C12H22N2O2/c1-2-12(13,9-8-11(15)16-14)10-6-4-3-5-7-10/h6H,2-5,7-9,13-14H2,1H3. The van der Waals surface area contributed by atoms with Crippen molar-refractivity contribution < 1.29 is 9.63 Å². The molecule has 1 aliphatic rings. The van der Waals surface area contributed by atoms with Crippen LogP contribution in [0.3, 0.4) is 0 Å². The highest BCUT2D eigenvalue weighted by molar-refractivity contribution is 5.69. The first-order chi connectivity index (χ1) is 7.62. The molecule has 0 aromatic rings. The monoisotopic (exact) mass is 226 g/mol. The fraction of sp³-hybridized carbons (Fsp3) is 0.750. The summed E-state index contributed by atoms with van der Waals surface area (Å²) in [5, 5.41) is 0. The quantitative estimate of drug-likeness (QED) is 0.553. The van der Waals surface area contributed by atoms with Crippen LogP contribution in [0.1, 0.15) is 51.9 Å². The Morgan fingerprint density at radius 2 is 2.31 bits per heavy atom. The maximum Gasteiger partial charge on any atom is 0.324 e. The molecule has 0 spiro atoms. The maximum atomic E-state index is 11.0. The summed E-state index contributed by atoms with van der Waals surface area (Å²) >= 11 is 0. The SMILES string of the molecule is CCC(N)(CCC(=O)ON)C1=CCCCC1. The molecule has 1 rings (SSSR count). The normalized spacial score (nSPS) is 19.8. The van der Waals surface area contributed by atoms with E-state index in [1.165, 1.54) is 18.4 Å². The zero-order chi connectivity index (χ0) is 12.0. The van der Waals surface area contributed by atoms with Gasteiger partial charge in [0.25, 0.3) is 0 Å². The molecule has 16 heavy (non-hydrogen) atoms. The number of allylic oxidation sites excluding steroid dienone is 1. The van der Waals surface area contributed by atoms with Gasteiger partial charge in [-0.25, -0.2) is 0 Å². The molecule has 4 nitrogen and oxygen atoms in total. The molecule has 4 N–H and O–H groups in total. The Morgan fingerprint density at radius 1 is 1.56 bits per heavy atom. The van der Waals surface area contributed by atoms with Crippen molar-refractivity contribution in [2.75, 3.05) is 0 Å². The lowest BCUT2D eigenvalue weighted by Crippen LogP contribution is -2.42. The Hall–Kier alpha value is -0.870. The Kier molecular flexibility index (Phi) is 4.96. The minimum Gasteiger partial charge on any atom is -0.373 e. The van der Waals surface area contributed by atoms with Gasteiger partial charge in [-0.05, 0) is 38.5 Å². The lowest BCUT2D eigenvalue weighted by Gasteiger charge is -2.33. The third-order valence-electron chi connectivity index (χ3n) is 3.47. The summed E-state index contributed by atoms with van der Waals surface area (Å²) in [4.78, 5) is 15.2. The lowest BCUT2D eigenvalue weighted by molar-refractivity contribution is -0.144. The van der Waals surface area contributed by atoms with E-state index in [0.29, 0.717) is 6.42 Å². The van der Waals surface area contributed by atoms with Crippen LogP contribution in [0.15, 0.2) is 11.6 Å². The Morgan fingerprint density at radius 3 is 2.81 bits per heavy atom. The van der Waals surface area contributed by atoms with Crippen molar-refractivity contribution >= 4 is 5.97 Å². The highest BCUT2D eigenvalue weighted by atomic mass is 16.7. The summed E-state index contributed by atoms with van der Waals surface area (Å²) in [5.74, 6) is 4.43. The predicted molar refractivity (Wildman–Crippen MR) is 63.3 cm³/mol. The van der Waals surface area contributed by atoms with Crippen molar-refractivity contribution in [3.05, 3.63) is 11.6 Å². The highest BCUT2D eigenvalue weighted by Gasteiger charge is 2.28. The van der Waals surface area contributed by atoms with Crippen LogP contribution in [0.5, 0.6) is 0 Å². The molecule has 0 radical (unpaired) electrons. The summed E-state index contributed by atoms with van der Waals surface area (Å²) in [5.41, 5.74) is 7.30. The zero-order valence-electron chi connectivity index (χ0n) is 10.00. The van der Waals surface area contributed by atoms with Crippen LogP contribution >= 0.6 is 0 Å². The average molecular weight is 226 g/mol. The second-order valence-electron chi connectivity index (χ2n) is 4.47. The van der Waals surface area contributed by atoms with Crippen LogP contribution in [0.2, 0.25) is 0 Å². The van der Waals surface area contributed by atoms with E-state index >= 15 is 0 Å². The summed E-state index contributed by atoms with van der Waals surface area (Å²) in [7, 11) is 0. The predicted octanol–water partition coefficient (Wildman–Crippen LogP) is 1.79. The lowest BCUT2D eigenvalue weighted by atomic mass is 9.78. The maximum absolute atomic E-state index is 11.0. The summed E-state index contributed by atoms with van der Waals surface area (Å²) in [6.45, 7) is 2.06. The van der Waals surface area contributed by atoms with Gasteiger partial charge in [-0.1, -0.05) is 18.6 Å². The second kappa shape index (κ2) is 6.01. The van der Waals surface area contributed by atoms with E-state index in [0.717, 1.165) is 19.3 Å². The number of carbonyl (C=O) groups is 1.